The molecule has 21 heavy (non-hydrogen) atoms. The molecule has 0 radical (unpaired) electrons. The number of ether oxygens (including phenoxy) is 1. The number of rotatable bonds is 8. The van der Waals surface area contributed by atoms with E-state index >= 15 is 0 Å². The molecular weight excluding hydrogens is 260 g/mol. The van der Waals surface area contributed by atoms with Crippen molar-refractivity contribution in [2.24, 2.45) is 0 Å². The molecule has 0 aliphatic rings. The number of benzene rings is 1. The molecule has 2 rings (SSSR count). The van der Waals surface area contributed by atoms with Crippen LogP contribution in [0.25, 0.3) is 0 Å². The zero-order valence-electron chi connectivity index (χ0n) is 12.9. The van der Waals surface area contributed by atoms with E-state index in [1.54, 1.807) is 0 Å². The maximum atomic E-state index is 5.58. The fourth-order valence-corrected chi connectivity index (χ4v) is 2.20. The van der Waals surface area contributed by atoms with E-state index in [0.29, 0.717) is 0 Å². The van der Waals surface area contributed by atoms with Crippen LogP contribution in [0.1, 0.15) is 37.1 Å². The van der Waals surface area contributed by atoms with Crippen molar-refractivity contribution >= 4 is 0 Å². The lowest BCUT2D eigenvalue weighted by Crippen LogP contribution is -2.15. The average Bonchev–Trinajstić information content (AvgIpc) is 2.54. The van der Waals surface area contributed by atoms with Gasteiger partial charge in [-0.05, 0) is 42.2 Å². The topological polar surface area (TPSA) is 34.1 Å². The minimum Gasteiger partial charge on any atom is -0.494 e. The van der Waals surface area contributed by atoms with Gasteiger partial charge in [0.2, 0.25) is 0 Å². The van der Waals surface area contributed by atoms with E-state index in [9.17, 15) is 0 Å². The minimum atomic E-state index is 0.775. The van der Waals surface area contributed by atoms with Crippen molar-refractivity contribution in [3.63, 3.8) is 0 Å². The molecule has 0 aliphatic heterocycles. The van der Waals surface area contributed by atoms with Crippen LogP contribution in [-0.4, -0.2) is 11.6 Å². The summed E-state index contributed by atoms with van der Waals surface area (Å²) in [7, 11) is 0. The van der Waals surface area contributed by atoms with Gasteiger partial charge in [0.1, 0.15) is 5.75 Å². The standard InChI is InChI=1S/C18H24N2O/c1-3-12-21-17-9-7-15(8-10-17)13-19-14-18-16(4-2)6-5-11-20-18/h5-11,19H,3-4,12-14H2,1-2H3. The van der Waals surface area contributed by atoms with Crippen molar-refractivity contribution in [3.05, 3.63) is 59.4 Å². The summed E-state index contributed by atoms with van der Waals surface area (Å²) in [5.74, 6) is 0.943. The third-order valence-electron chi connectivity index (χ3n) is 3.38. The highest BCUT2D eigenvalue weighted by molar-refractivity contribution is 5.27. The summed E-state index contributed by atoms with van der Waals surface area (Å²) in [5, 5.41) is 3.45. The summed E-state index contributed by atoms with van der Waals surface area (Å²) in [6, 6.07) is 12.4. The van der Waals surface area contributed by atoms with E-state index in [2.05, 4.69) is 42.3 Å². The van der Waals surface area contributed by atoms with Gasteiger partial charge in [-0.25, -0.2) is 0 Å². The second-order valence-electron chi connectivity index (χ2n) is 5.06. The molecule has 112 valence electrons. The molecule has 0 bridgehead atoms. The highest BCUT2D eigenvalue weighted by Gasteiger charge is 2.01. The molecule has 1 heterocycles. The van der Waals surface area contributed by atoms with Crippen molar-refractivity contribution < 1.29 is 4.74 Å². The predicted octanol–water partition coefficient (Wildman–Crippen LogP) is 3.72. The third-order valence-corrected chi connectivity index (χ3v) is 3.38. The fraction of sp³-hybridized carbons (Fsp3) is 0.389. The molecule has 1 N–H and O–H groups in total. The van der Waals surface area contributed by atoms with Crippen molar-refractivity contribution in [2.75, 3.05) is 6.61 Å². The maximum absolute atomic E-state index is 5.58. The number of nitrogens with zero attached hydrogens (tertiary/aromatic N) is 1. The molecular formula is C18H24N2O. The monoisotopic (exact) mass is 284 g/mol. The molecule has 0 unspecified atom stereocenters. The van der Waals surface area contributed by atoms with Gasteiger partial charge >= 0.3 is 0 Å². The first kappa shape index (κ1) is 15.5. The lowest BCUT2D eigenvalue weighted by atomic mass is 10.1. The fourth-order valence-electron chi connectivity index (χ4n) is 2.20. The molecule has 0 amide bonds. The molecule has 3 heteroatoms. The van der Waals surface area contributed by atoms with Crippen LogP contribution >= 0.6 is 0 Å². The third kappa shape index (κ3) is 4.87. The Hall–Kier alpha value is -1.87. The van der Waals surface area contributed by atoms with Crippen molar-refractivity contribution in [1.82, 2.24) is 10.3 Å². The van der Waals surface area contributed by atoms with Gasteiger partial charge in [0, 0.05) is 19.3 Å². The van der Waals surface area contributed by atoms with Gasteiger partial charge in [-0.3, -0.25) is 4.98 Å². The maximum Gasteiger partial charge on any atom is 0.119 e. The number of hydrogen-bond donors (Lipinski definition) is 1. The number of aromatic nitrogens is 1. The van der Waals surface area contributed by atoms with E-state index in [4.69, 9.17) is 4.74 Å². The second kappa shape index (κ2) is 8.42. The molecule has 0 spiro atoms. The SMILES string of the molecule is CCCOc1ccc(CNCc2ncccc2CC)cc1. The molecule has 0 fully saturated rings. The van der Waals surface area contributed by atoms with Crippen molar-refractivity contribution in [3.8, 4) is 5.75 Å². The van der Waals surface area contributed by atoms with Crippen LogP contribution < -0.4 is 10.1 Å². The Morgan fingerprint density at radius 2 is 1.86 bits per heavy atom. The summed E-state index contributed by atoms with van der Waals surface area (Å²) in [5.41, 5.74) is 3.71. The zero-order chi connectivity index (χ0) is 14.9. The van der Waals surface area contributed by atoms with E-state index in [0.717, 1.165) is 44.0 Å². The summed E-state index contributed by atoms with van der Waals surface area (Å²) >= 11 is 0. The molecule has 0 atom stereocenters. The van der Waals surface area contributed by atoms with Gasteiger partial charge in [0.05, 0.1) is 12.3 Å². The zero-order valence-corrected chi connectivity index (χ0v) is 12.9. The smallest absolute Gasteiger partial charge is 0.119 e. The Morgan fingerprint density at radius 1 is 1.05 bits per heavy atom. The average molecular weight is 284 g/mol. The number of hydrogen-bond acceptors (Lipinski definition) is 3. The number of pyridine rings is 1. The molecule has 1 aromatic heterocycles. The Labute approximate surface area is 127 Å². The van der Waals surface area contributed by atoms with Gasteiger partial charge in [0.15, 0.2) is 0 Å². The van der Waals surface area contributed by atoms with Gasteiger partial charge in [-0.15, -0.1) is 0 Å². The minimum absolute atomic E-state index is 0.775. The first-order valence-electron chi connectivity index (χ1n) is 7.68. The quantitative estimate of drug-likeness (QED) is 0.802. The van der Waals surface area contributed by atoms with Crippen LogP contribution in [0.5, 0.6) is 5.75 Å². The van der Waals surface area contributed by atoms with Crippen LogP contribution in [0.15, 0.2) is 42.6 Å². The van der Waals surface area contributed by atoms with Crippen LogP contribution in [-0.2, 0) is 19.5 Å². The Kier molecular flexibility index (Phi) is 6.22. The van der Waals surface area contributed by atoms with Crippen molar-refractivity contribution in [2.45, 2.75) is 39.8 Å². The van der Waals surface area contributed by atoms with Gasteiger partial charge in [-0.2, -0.15) is 0 Å². The van der Waals surface area contributed by atoms with Crippen molar-refractivity contribution in [1.29, 1.82) is 0 Å². The lowest BCUT2D eigenvalue weighted by molar-refractivity contribution is 0.317. The normalized spacial score (nSPS) is 10.6. The van der Waals surface area contributed by atoms with Crippen LogP contribution in [0.3, 0.4) is 0 Å². The number of aryl methyl sites for hydroxylation is 1. The Morgan fingerprint density at radius 3 is 2.57 bits per heavy atom. The summed E-state index contributed by atoms with van der Waals surface area (Å²) < 4.78 is 5.58. The molecule has 0 aliphatic carbocycles. The van der Waals surface area contributed by atoms with Gasteiger partial charge in [-0.1, -0.05) is 32.0 Å². The first-order chi connectivity index (χ1) is 10.3. The molecule has 0 saturated carbocycles. The van der Waals surface area contributed by atoms with E-state index in [1.165, 1.54) is 11.1 Å². The lowest BCUT2D eigenvalue weighted by Gasteiger charge is -2.09. The van der Waals surface area contributed by atoms with Crippen LogP contribution in [0.2, 0.25) is 0 Å². The second-order valence-corrected chi connectivity index (χ2v) is 5.06. The van der Waals surface area contributed by atoms with Crippen LogP contribution in [0.4, 0.5) is 0 Å². The highest BCUT2D eigenvalue weighted by Crippen LogP contribution is 2.12. The first-order valence-corrected chi connectivity index (χ1v) is 7.68. The Balaban J connectivity index is 1.83. The van der Waals surface area contributed by atoms with E-state index < -0.39 is 0 Å². The summed E-state index contributed by atoms with van der Waals surface area (Å²) in [6.45, 7) is 6.69. The summed E-state index contributed by atoms with van der Waals surface area (Å²) in [6.07, 6.45) is 3.91. The van der Waals surface area contributed by atoms with E-state index in [1.807, 2.05) is 24.4 Å². The van der Waals surface area contributed by atoms with E-state index in [-0.39, 0.29) is 0 Å². The number of nitrogens with one attached hydrogen (secondary N) is 1. The predicted molar refractivity (Wildman–Crippen MR) is 86.4 cm³/mol. The molecule has 0 saturated heterocycles. The summed E-state index contributed by atoms with van der Waals surface area (Å²) in [4.78, 5) is 4.45. The van der Waals surface area contributed by atoms with Gasteiger partial charge in [0.25, 0.3) is 0 Å². The highest BCUT2D eigenvalue weighted by atomic mass is 16.5. The Bertz CT molecular complexity index is 537. The van der Waals surface area contributed by atoms with Gasteiger partial charge < -0.3 is 10.1 Å². The molecule has 3 nitrogen and oxygen atoms in total. The van der Waals surface area contributed by atoms with Crippen LogP contribution in [0, 0.1) is 0 Å². The molecule has 1 aromatic carbocycles. The largest absolute Gasteiger partial charge is 0.494 e. The molecule has 2 aromatic rings.